The molecule has 2 heterocycles. The predicted octanol–water partition coefficient (Wildman–Crippen LogP) is 2.20. The number of rotatable bonds is 5. The number of hydrogen-bond donors (Lipinski definition) is 1. The Labute approximate surface area is 110 Å². The van der Waals surface area contributed by atoms with Crippen LogP contribution in [0.5, 0.6) is 0 Å². The van der Waals surface area contributed by atoms with Gasteiger partial charge in [0.2, 0.25) is 0 Å². The number of aliphatic hydroxyl groups is 1. The number of anilines is 1. The van der Waals surface area contributed by atoms with Crippen molar-refractivity contribution in [1.82, 2.24) is 10.2 Å². The fourth-order valence-electron chi connectivity index (χ4n) is 1.95. The Hall–Kier alpha value is -1.46. The maximum atomic E-state index is 8.98. The van der Waals surface area contributed by atoms with Gasteiger partial charge in [0.25, 0.3) is 0 Å². The van der Waals surface area contributed by atoms with Gasteiger partial charge in [0.05, 0.1) is 12.3 Å². The maximum absolute atomic E-state index is 8.98. The highest BCUT2D eigenvalue weighted by Crippen LogP contribution is 2.32. The molecule has 0 atom stereocenters. The number of hydrogen-bond acceptors (Lipinski definition) is 5. The maximum Gasteiger partial charge on any atom is 0.151 e. The molecule has 0 unspecified atom stereocenters. The van der Waals surface area contributed by atoms with Crippen LogP contribution in [-0.4, -0.2) is 21.3 Å². The summed E-state index contributed by atoms with van der Waals surface area (Å²) in [6.45, 7) is 0.836. The van der Waals surface area contributed by atoms with Gasteiger partial charge in [-0.15, -0.1) is 5.10 Å². The number of nitrogens with zero attached hydrogens (tertiary/aromatic N) is 3. The van der Waals surface area contributed by atoms with Gasteiger partial charge >= 0.3 is 0 Å². The normalized spacial score (nSPS) is 14.7. The van der Waals surface area contributed by atoms with Crippen LogP contribution in [0.4, 0.5) is 5.82 Å². The Kier molecular flexibility index (Phi) is 3.25. The summed E-state index contributed by atoms with van der Waals surface area (Å²) in [6, 6.07) is 6.53. The third-order valence-corrected chi connectivity index (χ3v) is 3.81. The lowest BCUT2D eigenvalue weighted by Gasteiger charge is -2.22. The number of aromatic nitrogens is 2. The molecule has 1 fully saturated rings. The second kappa shape index (κ2) is 5.04. The van der Waals surface area contributed by atoms with Crippen LogP contribution in [0.2, 0.25) is 0 Å². The minimum absolute atomic E-state index is 0.0543. The second-order valence-corrected chi connectivity index (χ2v) is 5.31. The average Bonchev–Trinajstić information content (AvgIpc) is 3.13. The molecule has 3 rings (SSSR count). The van der Waals surface area contributed by atoms with Gasteiger partial charge in [0.15, 0.2) is 5.82 Å². The van der Waals surface area contributed by atoms with E-state index >= 15 is 0 Å². The number of thiophene rings is 1. The molecule has 94 valence electrons. The summed E-state index contributed by atoms with van der Waals surface area (Å²) in [5, 5.41) is 21.5. The largest absolute Gasteiger partial charge is 0.390 e. The van der Waals surface area contributed by atoms with Crippen molar-refractivity contribution >= 4 is 17.2 Å². The van der Waals surface area contributed by atoms with Gasteiger partial charge in [-0.2, -0.15) is 16.4 Å². The Balaban J connectivity index is 1.80. The minimum atomic E-state index is -0.0543. The third-order valence-electron chi connectivity index (χ3n) is 3.08. The van der Waals surface area contributed by atoms with E-state index < -0.39 is 0 Å². The van der Waals surface area contributed by atoms with Crippen molar-refractivity contribution in [2.24, 2.45) is 0 Å². The summed E-state index contributed by atoms with van der Waals surface area (Å²) in [6.07, 6.45) is 2.46. The van der Waals surface area contributed by atoms with Crippen molar-refractivity contribution in [1.29, 1.82) is 0 Å². The van der Waals surface area contributed by atoms with Gasteiger partial charge in [0.1, 0.15) is 0 Å². The Morgan fingerprint density at radius 3 is 2.72 bits per heavy atom. The Morgan fingerprint density at radius 1 is 1.28 bits per heavy atom. The molecule has 1 N–H and O–H groups in total. The van der Waals surface area contributed by atoms with Crippen LogP contribution in [-0.2, 0) is 13.2 Å². The molecule has 0 spiro atoms. The second-order valence-electron chi connectivity index (χ2n) is 4.53. The van der Waals surface area contributed by atoms with Gasteiger partial charge < -0.3 is 10.0 Å². The van der Waals surface area contributed by atoms with Gasteiger partial charge in [-0.25, -0.2) is 0 Å². The van der Waals surface area contributed by atoms with E-state index in [4.69, 9.17) is 5.11 Å². The van der Waals surface area contributed by atoms with Gasteiger partial charge in [0, 0.05) is 12.6 Å². The zero-order valence-electron chi connectivity index (χ0n) is 9.99. The van der Waals surface area contributed by atoms with E-state index in [2.05, 4.69) is 31.9 Å². The quantitative estimate of drug-likeness (QED) is 0.896. The van der Waals surface area contributed by atoms with Gasteiger partial charge in [-0.1, -0.05) is 0 Å². The SMILES string of the molecule is OCc1ccc(N(Cc2ccsc2)C2CC2)nn1. The molecule has 2 aromatic heterocycles. The predicted molar refractivity (Wildman–Crippen MR) is 71.5 cm³/mol. The van der Waals surface area contributed by atoms with Crippen LogP contribution in [0.1, 0.15) is 24.1 Å². The Morgan fingerprint density at radius 2 is 2.17 bits per heavy atom. The summed E-state index contributed by atoms with van der Waals surface area (Å²) in [5.74, 6) is 0.904. The molecule has 2 aromatic rings. The van der Waals surface area contributed by atoms with Crippen molar-refractivity contribution < 1.29 is 5.11 Å². The molecule has 0 amide bonds. The molecule has 1 aliphatic rings. The first kappa shape index (κ1) is 11.6. The lowest BCUT2D eigenvalue weighted by Crippen LogP contribution is -2.26. The summed E-state index contributed by atoms with van der Waals surface area (Å²) < 4.78 is 0. The van der Waals surface area contributed by atoms with E-state index in [0.29, 0.717) is 11.7 Å². The van der Waals surface area contributed by atoms with E-state index in [-0.39, 0.29) is 6.61 Å². The zero-order chi connectivity index (χ0) is 12.4. The molecule has 0 saturated heterocycles. The molecular formula is C13H15N3OS. The zero-order valence-corrected chi connectivity index (χ0v) is 10.8. The topological polar surface area (TPSA) is 49.2 Å². The van der Waals surface area contributed by atoms with Crippen LogP contribution in [0, 0.1) is 0 Å². The van der Waals surface area contributed by atoms with Gasteiger partial charge in [-0.3, -0.25) is 0 Å². The first-order valence-electron chi connectivity index (χ1n) is 6.08. The summed E-state index contributed by atoms with van der Waals surface area (Å²) >= 11 is 1.72. The molecule has 0 bridgehead atoms. The van der Waals surface area contributed by atoms with Crippen LogP contribution >= 0.6 is 11.3 Å². The Bertz CT molecular complexity index is 493. The van der Waals surface area contributed by atoms with E-state index in [1.807, 2.05) is 12.1 Å². The fraction of sp³-hybridized carbons (Fsp3) is 0.385. The van der Waals surface area contributed by atoms with Crippen LogP contribution in [0.25, 0.3) is 0 Å². The van der Waals surface area contributed by atoms with Crippen molar-refractivity contribution in [3.05, 3.63) is 40.2 Å². The molecule has 18 heavy (non-hydrogen) atoms. The molecular weight excluding hydrogens is 246 g/mol. The summed E-state index contributed by atoms with van der Waals surface area (Å²) in [7, 11) is 0. The molecule has 0 aromatic carbocycles. The van der Waals surface area contributed by atoms with E-state index in [9.17, 15) is 0 Å². The molecule has 4 nitrogen and oxygen atoms in total. The molecule has 1 aliphatic carbocycles. The highest BCUT2D eigenvalue weighted by Gasteiger charge is 2.30. The third kappa shape index (κ3) is 2.52. The molecule has 5 heteroatoms. The standard InChI is InChI=1S/C13H15N3OS/c17-8-11-1-4-13(15-14-11)16(12-2-3-12)7-10-5-6-18-9-10/h1,4-6,9,12,17H,2-3,7-8H2. The first-order valence-corrected chi connectivity index (χ1v) is 7.02. The molecule has 0 aliphatic heterocycles. The van der Waals surface area contributed by atoms with Crippen molar-refractivity contribution in [2.45, 2.75) is 32.0 Å². The first-order chi connectivity index (χ1) is 8.86. The van der Waals surface area contributed by atoms with E-state index in [1.165, 1.54) is 18.4 Å². The highest BCUT2D eigenvalue weighted by molar-refractivity contribution is 7.07. The van der Waals surface area contributed by atoms with Crippen LogP contribution < -0.4 is 4.90 Å². The average molecular weight is 261 g/mol. The van der Waals surface area contributed by atoms with Crippen LogP contribution in [0.15, 0.2) is 29.0 Å². The van der Waals surface area contributed by atoms with E-state index in [0.717, 1.165) is 12.4 Å². The lowest BCUT2D eigenvalue weighted by atomic mass is 10.3. The minimum Gasteiger partial charge on any atom is -0.390 e. The lowest BCUT2D eigenvalue weighted by molar-refractivity contribution is 0.275. The highest BCUT2D eigenvalue weighted by atomic mass is 32.1. The van der Waals surface area contributed by atoms with Crippen molar-refractivity contribution in [2.75, 3.05) is 4.90 Å². The molecule has 1 saturated carbocycles. The number of aliphatic hydroxyl groups excluding tert-OH is 1. The van der Waals surface area contributed by atoms with Crippen molar-refractivity contribution in [3.8, 4) is 0 Å². The van der Waals surface area contributed by atoms with E-state index in [1.54, 1.807) is 11.3 Å². The fourth-order valence-corrected chi connectivity index (χ4v) is 2.61. The van der Waals surface area contributed by atoms with Crippen molar-refractivity contribution in [3.63, 3.8) is 0 Å². The summed E-state index contributed by atoms with van der Waals surface area (Å²) in [5.41, 5.74) is 1.94. The monoisotopic (exact) mass is 261 g/mol. The van der Waals surface area contributed by atoms with Crippen LogP contribution in [0.3, 0.4) is 0 Å². The smallest absolute Gasteiger partial charge is 0.151 e. The molecule has 0 radical (unpaired) electrons. The van der Waals surface area contributed by atoms with Gasteiger partial charge in [-0.05, 0) is 47.4 Å². The summed E-state index contributed by atoms with van der Waals surface area (Å²) in [4.78, 5) is 2.30.